The third kappa shape index (κ3) is 3.27. The molecule has 0 bridgehead atoms. The molecule has 0 saturated carbocycles. The van der Waals surface area contributed by atoms with Crippen LogP contribution in [0.25, 0.3) is 11.0 Å². The molecule has 0 N–H and O–H groups in total. The Kier molecular flexibility index (Phi) is 4.55. The summed E-state index contributed by atoms with van der Waals surface area (Å²) in [5.41, 5.74) is 4.43. The summed E-state index contributed by atoms with van der Waals surface area (Å²) in [6, 6.07) is 6.04. The van der Waals surface area contributed by atoms with Crippen LogP contribution in [0, 0.1) is 0 Å². The molecule has 6 nitrogen and oxygen atoms in total. The van der Waals surface area contributed by atoms with Gasteiger partial charge in [-0.25, -0.2) is 14.0 Å². The molecule has 124 valence electrons. The maximum absolute atomic E-state index is 4.32. The van der Waals surface area contributed by atoms with Crippen LogP contribution in [0.3, 0.4) is 0 Å². The van der Waals surface area contributed by atoms with Gasteiger partial charge in [0.05, 0.1) is 29.1 Å². The minimum Gasteiger partial charge on any atom is -0.257 e. The molecule has 0 saturated heterocycles. The molecule has 4 heterocycles. The monoisotopic (exact) mass is 322 g/mol. The lowest BCUT2D eigenvalue weighted by Gasteiger charge is -2.04. The van der Waals surface area contributed by atoms with Crippen molar-refractivity contribution in [1.82, 2.24) is 29.2 Å². The summed E-state index contributed by atoms with van der Waals surface area (Å²) >= 11 is 0. The summed E-state index contributed by atoms with van der Waals surface area (Å²) in [5.74, 6) is 0.926. The van der Waals surface area contributed by atoms with Gasteiger partial charge in [-0.1, -0.05) is 27.7 Å². The minimum absolute atomic E-state index is 0.449. The first-order chi connectivity index (χ1) is 11.6. The second kappa shape index (κ2) is 6.78. The van der Waals surface area contributed by atoms with Crippen molar-refractivity contribution in [1.29, 1.82) is 0 Å². The maximum atomic E-state index is 4.32. The van der Waals surface area contributed by atoms with Crippen LogP contribution in [0.5, 0.6) is 0 Å². The fourth-order valence-electron chi connectivity index (χ4n) is 2.48. The minimum atomic E-state index is 0.449. The zero-order valence-corrected chi connectivity index (χ0v) is 14.5. The highest BCUT2D eigenvalue weighted by Gasteiger charge is 2.05. The lowest BCUT2D eigenvalue weighted by molar-refractivity contribution is 0.798. The Balaban J connectivity index is 0.000000141. The highest BCUT2D eigenvalue weighted by atomic mass is 15.2. The SMILES string of the molecule is CC(C)c1cc2ccnn2cn1.CC(C)c1nccn2nccc12. The van der Waals surface area contributed by atoms with E-state index >= 15 is 0 Å². The topological polar surface area (TPSA) is 60.4 Å². The van der Waals surface area contributed by atoms with Gasteiger partial charge in [-0.2, -0.15) is 10.2 Å². The molecule has 0 unspecified atom stereocenters. The average molecular weight is 322 g/mol. The Morgan fingerprint density at radius 1 is 0.833 bits per heavy atom. The molecule has 0 spiro atoms. The lowest BCUT2D eigenvalue weighted by Crippen LogP contribution is -1.97. The quantitative estimate of drug-likeness (QED) is 0.564. The van der Waals surface area contributed by atoms with Gasteiger partial charge in [0.2, 0.25) is 0 Å². The zero-order chi connectivity index (χ0) is 17.1. The molecular weight excluding hydrogens is 300 g/mol. The Labute approximate surface area is 141 Å². The lowest BCUT2D eigenvalue weighted by atomic mass is 10.1. The van der Waals surface area contributed by atoms with Gasteiger partial charge in [-0.3, -0.25) is 4.98 Å². The van der Waals surface area contributed by atoms with E-state index in [1.54, 1.807) is 29.4 Å². The fourth-order valence-corrected chi connectivity index (χ4v) is 2.48. The van der Waals surface area contributed by atoms with Crippen LogP contribution in [-0.4, -0.2) is 29.2 Å². The molecule has 24 heavy (non-hydrogen) atoms. The number of aromatic nitrogens is 6. The Morgan fingerprint density at radius 2 is 1.58 bits per heavy atom. The van der Waals surface area contributed by atoms with Gasteiger partial charge in [-0.15, -0.1) is 0 Å². The number of hydrogen-bond donors (Lipinski definition) is 0. The first-order valence-corrected chi connectivity index (χ1v) is 8.14. The molecule has 4 aromatic rings. The van der Waals surface area contributed by atoms with Crippen molar-refractivity contribution in [2.75, 3.05) is 0 Å². The van der Waals surface area contributed by atoms with Crippen molar-refractivity contribution in [3.8, 4) is 0 Å². The van der Waals surface area contributed by atoms with E-state index in [2.05, 4.69) is 53.9 Å². The first-order valence-electron chi connectivity index (χ1n) is 8.14. The molecular formula is C18H22N6. The highest BCUT2D eigenvalue weighted by Crippen LogP contribution is 2.16. The van der Waals surface area contributed by atoms with Gasteiger partial charge >= 0.3 is 0 Å². The van der Waals surface area contributed by atoms with E-state index in [0.29, 0.717) is 11.8 Å². The van der Waals surface area contributed by atoms with Crippen LogP contribution in [0.1, 0.15) is 50.9 Å². The van der Waals surface area contributed by atoms with E-state index in [9.17, 15) is 0 Å². The highest BCUT2D eigenvalue weighted by molar-refractivity contribution is 5.51. The van der Waals surface area contributed by atoms with Crippen LogP contribution in [0.4, 0.5) is 0 Å². The third-order valence-electron chi connectivity index (χ3n) is 3.81. The Morgan fingerprint density at radius 3 is 2.33 bits per heavy atom. The van der Waals surface area contributed by atoms with Gasteiger partial charge in [0, 0.05) is 18.1 Å². The molecule has 4 aromatic heterocycles. The summed E-state index contributed by atoms with van der Waals surface area (Å²) < 4.78 is 3.62. The third-order valence-corrected chi connectivity index (χ3v) is 3.81. The van der Waals surface area contributed by atoms with Crippen molar-refractivity contribution in [2.45, 2.75) is 39.5 Å². The van der Waals surface area contributed by atoms with E-state index in [1.165, 1.54) is 0 Å². The predicted molar refractivity (Wildman–Crippen MR) is 94.2 cm³/mol. The van der Waals surface area contributed by atoms with E-state index in [-0.39, 0.29) is 0 Å². The molecule has 6 heteroatoms. The molecule has 0 aliphatic carbocycles. The van der Waals surface area contributed by atoms with E-state index in [4.69, 9.17) is 0 Å². The second-order valence-corrected chi connectivity index (χ2v) is 6.30. The first kappa shape index (κ1) is 16.1. The van der Waals surface area contributed by atoms with Gasteiger partial charge in [0.25, 0.3) is 0 Å². The summed E-state index contributed by atoms with van der Waals surface area (Å²) in [6.45, 7) is 8.54. The van der Waals surface area contributed by atoms with Gasteiger partial charge in [0.1, 0.15) is 6.33 Å². The van der Waals surface area contributed by atoms with Crippen LogP contribution >= 0.6 is 0 Å². The molecule has 0 radical (unpaired) electrons. The average Bonchev–Trinajstić information content (AvgIpc) is 3.22. The number of rotatable bonds is 2. The van der Waals surface area contributed by atoms with Crippen LogP contribution < -0.4 is 0 Å². The summed E-state index contributed by atoms with van der Waals surface area (Å²) in [6.07, 6.45) is 8.98. The van der Waals surface area contributed by atoms with Gasteiger partial charge in [0.15, 0.2) is 0 Å². The van der Waals surface area contributed by atoms with Crippen LogP contribution in [0.2, 0.25) is 0 Å². The summed E-state index contributed by atoms with van der Waals surface area (Å²) in [5, 5.41) is 8.21. The van der Waals surface area contributed by atoms with Crippen molar-refractivity contribution in [2.24, 2.45) is 0 Å². The van der Waals surface area contributed by atoms with Crippen molar-refractivity contribution < 1.29 is 0 Å². The number of hydrogen-bond acceptors (Lipinski definition) is 4. The van der Waals surface area contributed by atoms with Crippen molar-refractivity contribution in [3.63, 3.8) is 0 Å². The number of nitrogens with zero attached hydrogens (tertiary/aromatic N) is 6. The van der Waals surface area contributed by atoms with Crippen molar-refractivity contribution >= 4 is 11.0 Å². The zero-order valence-electron chi connectivity index (χ0n) is 14.5. The fraction of sp³-hybridized carbons (Fsp3) is 0.333. The standard InChI is InChI=1S/2C9H11N3/c1-7(2)9-5-8-3-4-11-12(8)6-10-9;1-7(2)9-8-3-4-11-12(8)6-5-10-9/h2*3-7H,1-2H3. The van der Waals surface area contributed by atoms with Crippen LogP contribution in [0.15, 0.2) is 49.3 Å². The maximum Gasteiger partial charge on any atom is 0.117 e. The van der Waals surface area contributed by atoms with E-state index < -0.39 is 0 Å². The smallest absolute Gasteiger partial charge is 0.117 e. The van der Waals surface area contributed by atoms with Gasteiger partial charge in [-0.05, 0) is 30.0 Å². The van der Waals surface area contributed by atoms with Crippen LogP contribution in [-0.2, 0) is 0 Å². The molecule has 0 aliphatic rings. The van der Waals surface area contributed by atoms with Crippen molar-refractivity contribution in [3.05, 3.63) is 60.7 Å². The Hall–Kier alpha value is -2.76. The largest absolute Gasteiger partial charge is 0.257 e. The van der Waals surface area contributed by atoms with E-state index in [1.807, 2.05) is 22.8 Å². The second-order valence-electron chi connectivity index (χ2n) is 6.30. The molecule has 0 amide bonds. The molecule has 0 aliphatic heterocycles. The molecule has 0 fully saturated rings. The molecule has 0 aromatic carbocycles. The number of fused-ring (bicyclic) bond motifs is 2. The van der Waals surface area contributed by atoms with Gasteiger partial charge < -0.3 is 0 Å². The normalized spacial score (nSPS) is 11.2. The van der Waals surface area contributed by atoms with E-state index in [0.717, 1.165) is 22.4 Å². The summed E-state index contributed by atoms with van der Waals surface area (Å²) in [4.78, 5) is 8.60. The molecule has 0 atom stereocenters. The predicted octanol–water partition coefficient (Wildman–Crippen LogP) is 3.71. The molecule has 4 rings (SSSR count). The Bertz CT molecular complexity index is 934. The summed E-state index contributed by atoms with van der Waals surface area (Å²) in [7, 11) is 0.